The molecule has 0 bridgehead atoms. The summed E-state index contributed by atoms with van der Waals surface area (Å²) in [6, 6.07) is 4.34. The van der Waals surface area contributed by atoms with Gasteiger partial charge in [-0.1, -0.05) is 0 Å². The topological polar surface area (TPSA) is 82.3 Å². The third kappa shape index (κ3) is 6.47. The van der Waals surface area contributed by atoms with Gasteiger partial charge >= 0.3 is 0 Å². The molecule has 160 valence electrons. The zero-order valence-corrected chi connectivity index (χ0v) is 17.1. The minimum absolute atomic E-state index is 0.157. The molecular weight excluding hydrogens is 370 g/mol. The Bertz CT molecular complexity index is 660. The molecule has 3 aliphatic rings. The van der Waals surface area contributed by atoms with Gasteiger partial charge in [-0.05, 0) is 37.8 Å². The fraction of sp³-hybridized carbons (Fsp3) is 0.714. The average Bonchev–Trinajstić information content (AvgIpc) is 3.18. The molecule has 8 nitrogen and oxygen atoms in total. The van der Waals surface area contributed by atoms with Gasteiger partial charge in [0, 0.05) is 51.8 Å². The number of hydrogen-bond acceptors (Lipinski definition) is 5. The number of carbonyl (C=O) groups is 1. The molecule has 3 heterocycles. The highest BCUT2D eigenvalue weighted by Gasteiger charge is 2.26. The molecule has 3 fully saturated rings. The number of rotatable bonds is 8. The van der Waals surface area contributed by atoms with E-state index < -0.39 is 0 Å². The maximum Gasteiger partial charge on any atom is 0.234 e. The summed E-state index contributed by atoms with van der Waals surface area (Å²) < 4.78 is 11.2. The number of piperazine rings is 1. The molecule has 1 aromatic heterocycles. The highest BCUT2D eigenvalue weighted by atomic mass is 16.5. The average molecular weight is 404 g/mol. The van der Waals surface area contributed by atoms with Gasteiger partial charge in [0.05, 0.1) is 25.5 Å². The molecule has 2 aliphatic heterocycles. The van der Waals surface area contributed by atoms with Crippen molar-refractivity contribution in [1.82, 2.24) is 20.4 Å². The largest absolute Gasteiger partial charge is 0.469 e. The second kappa shape index (κ2) is 10.1. The van der Waals surface area contributed by atoms with Crippen molar-refractivity contribution in [2.45, 2.75) is 44.2 Å². The van der Waals surface area contributed by atoms with E-state index in [1.807, 2.05) is 12.1 Å². The number of nitrogens with one attached hydrogen (secondary N) is 2. The number of carbonyl (C=O) groups excluding carboxylic acids is 1. The Kier molecular flexibility index (Phi) is 7.05. The monoisotopic (exact) mass is 403 g/mol. The van der Waals surface area contributed by atoms with Gasteiger partial charge in [-0.2, -0.15) is 0 Å². The SMILES string of the molecule is O=C(CN1CCN(C(=NCC2CCCO2)NCCc2ccco2)CC1)NC1CC1. The third-order valence-electron chi connectivity index (χ3n) is 5.68. The Hall–Kier alpha value is -2.06. The van der Waals surface area contributed by atoms with Gasteiger partial charge in [0.25, 0.3) is 0 Å². The molecule has 1 aromatic rings. The standard InChI is InChI=1S/C21H33N5O3/c27-20(24-17-5-6-17)16-25-9-11-26(12-10-25)21(23-15-19-4-2-14-29-19)22-8-7-18-3-1-13-28-18/h1,3,13,17,19H,2,4-12,14-16H2,(H,22,23)(H,24,27). The Morgan fingerprint density at radius 1 is 1.21 bits per heavy atom. The maximum atomic E-state index is 12.1. The van der Waals surface area contributed by atoms with E-state index >= 15 is 0 Å². The minimum atomic E-state index is 0.157. The summed E-state index contributed by atoms with van der Waals surface area (Å²) in [5.41, 5.74) is 0. The first kappa shape index (κ1) is 20.2. The third-order valence-corrected chi connectivity index (χ3v) is 5.68. The highest BCUT2D eigenvalue weighted by Crippen LogP contribution is 2.18. The van der Waals surface area contributed by atoms with E-state index in [9.17, 15) is 4.79 Å². The molecule has 1 saturated carbocycles. The van der Waals surface area contributed by atoms with Crippen LogP contribution in [0.25, 0.3) is 0 Å². The fourth-order valence-corrected chi connectivity index (χ4v) is 3.82. The number of hydrogen-bond donors (Lipinski definition) is 2. The van der Waals surface area contributed by atoms with Crippen LogP contribution in [-0.4, -0.2) is 86.2 Å². The molecule has 1 amide bonds. The lowest BCUT2D eigenvalue weighted by atomic mass is 10.2. The Morgan fingerprint density at radius 2 is 2.07 bits per heavy atom. The van der Waals surface area contributed by atoms with Crippen LogP contribution in [-0.2, 0) is 16.0 Å². The summed E-state index contributed by atoms with van der Waals surface area (Å²) in [6.45, 7) is 6.31. The molecule has 4 rings (SSSR count). The molecule has 0 aromatic carbocycles. The first-order chi connectivity index (χ1) is 14.3. The summed E-state index contributed by atoms with van der Waals surface area (Å²) in [4.78, 5) is 21.4. The van der Waals surface area contributed by atoms with Crippen LogP contribution in [0.15, 0.2) is 27.8 Å². The van der Waals surface area contributed by atoms with Crippen LogP contribution in [0.3, 0.4) is 0 Å². The quantitative estimate of drug-likeness (QED) is 0.495. The molecule has 1 aliphatic carbocycles. The second-order valence-electron chi connectivity index (χ2n) is 8.16. The van der Waals surface area contributed by atoms with Crippen molar-refractivity contribution >= 4 is 11.9 Å². The normalized spacial score (nSPS) is 23.4. The number of furan rings is 1. The summed E-state index contributed by atoms with van der Waals surface area (Å²) in [5, 5.41) is 6.58. The van der Waals surface area contributed by atoms with Gasteiger partial charge < -0.3 is 24.7 Å². The van der Waals surface area contributed by atoms with E-state index in [-0.39, 0.29) is 12.0 Å². The number of nitrogens with zero attached hydrogens (tertiary/aromatic N) is 3. The van der Waals surface area contributed by atoms with Crippen molar-refractivity contribution in [3.8, 4) is 0 Å². The van der Waals surface area contributed by atoms with Crippen LogP contribution in [0.1, 0.15) is 31.4 Å². The lowest BCUT2D eigenvalue weighted by Crippen LogP contribution is -2.54. The number of amides is 1. The number of aliphatic imine (C=N–C) groups is 1. The van der Waals surface area contributed by atoms with Gasteiger partial charge in [0.15, 0.2) is 5.96 Å². The molecular formula is C21H33N5O3. The molecule has 8 heteroatoms. The molecule has 0 radical (unpaired) electrons. The zero-order chi connectivity index (χ0) is 19.9. The summed E-state index contributed by atoms with van der Waals surface area (Å²) in [7, 11) is 0. The Balaban J connectivity index is 1.26. The highest BCUT2D eigenvalue weighted by molar-refractivity contribution is 5.80. The summed E-state index contributed by atoms with van der Waals surface area (Å²) in [6.07, 6.45) is 7.26. The van der Waals surface area contributed by atoms with Crippen LogP contribution >= 0.6 is 0 Å². The van der Waals surface area contributed by atoms with Crippen molar-refractivity contribution in [3.05, 3.63) is 24.2 Å². The lowest BCUT2D eigenvalue weighted by Gasteiger charge is -2.36. The van der Waals surface area contributed by atoms with E-state index in [1.165, 1.54) is 0 Å². The first-order valence-corrected chi connectivity index (χ1v) is 11.0. The predicted molar refractivity (Wildman–Crippen MR) is 111 cm³/mol. The van der Waals surface area contributed by atoms with Crippen LogP contribution in [0, 0.1) is 0 Å². The minimum Gasteiger partial charge on any atom is -0.469 e. The summed E-state index contributed by atoms with van der Waals surface area (Å²) in [5.74, 6) is 2.07. The van der Waals surface area contributed by atoms with Gasteiger partial charge in [-0.3, -0.25) is 14.7 Å². The van der Waals surface area contributed by atoms with Crippen LogP contribution in [0.4, 0.5) is 0 Å². The van der Waals surface area contributed by atoms with E-state index in [4.69, 9.17) is 14.1 Å². The second-order valence-corrected chi connectivity index (χ2v) is 8.16. The number of ether oxygens (including phenoxy) is 1. The van der Waals surface area contributed by atoms with Crippen molar-refractivity contribution in [3.63, 3.8) is 0 Å². The van der Waals surface area contributed by atoms with E-state index in [0.29, 0.717) is 19.1 Å². The first-order valence-electron chi connectivity index (χ1n) is 11.0. The summed E-state index contributed by atoms with van der Waals surface area (Å²) >= 11 is 0. The maximum absolute atomic E-state index is 12.1. The molecule has 29 heavy (non-hydrogen) atoms. The van der Waals surface area contributed by atoms with Crippen LogP contribution < -0.4 is 10.6 Å². The van der Waals surface area contributed by atoms with E-state index in [1.54, 1.807) is 6.26 Å². The predicted octanol–water partition coefficient (Wildman–Crippen LogP) is 0.843. The van der Waals surface area contributed by atoms with Gasteiger partial charge in [-0.15, -0.1) is 0 Å². The molecule has 2 saturated heterocycles. The molecule has 2 N–H and O–H groups in total. The molecule has 1 unspecified atom stereocenters. The smallest absolute Gasteiger partial charge is 0.234 e. The van der Waals surface area contributed by atoms with Gasteiger partial charge in [0.2, 0.25) is 5.91 Å². The Labute approximate surface area is 172 Å². The van der Waals surface area contributed by atoms with Crippen molar-refractivity contribution < 1.29 is 13.9 Å². The fourth-order valence-electron chi connectivity index (χ4n) is 3.82. The van der Waals surface area contributed by atoms with Crippen molar-refractivity contribution in [2.75, 3.05) is 52.4 Å². The van der Waals surface area contributed by atoms with E-state index in [0.717, 1.165) is 83.2 Å². The van der Waals surface area contributed by atoms with E-state index in [2.05, 4.69) is 20.4 Å². The van der Waals surface area contributed by atoms with Gasteiger partial charge in [-0.25, -0.2) is 0 Å². The van der Waals surface area contributed by atoms with Crippen molar-refractivity contribution in [1.29, 1.82) is 0 Å². The zero-order valence-electron chi connectivity index (χ0n) is 17.1. The van der Waals surface area contributed by atoms with Gasteiger partial charge in [0.1, 0.15) is 5.76 Å². The number of guanidine groups is 1. The lowest BCUT2D eigenvalue weighted by molar-refractivity contribution is -0.122. The van der Waals surface area contributed by atoms with Crippen molar-refractivity contribution in [2.24, 2.45) is 4.99 Å². The van der Waals surface area contributed by atoms with Crippen LogP contribution in [0.2, 0.25) is 0 Å². The Morgan fingerprint density at radius 3 is 2.76 bits per heavy atom. The van der Waals surface area contributed by atoms with Crippen LogP contribution in [0.5, 0.6) is 0 Å². The molecule has 1 atom stereocenters. The molecule has 0 spiro atoms.